The maximum atomic E-state index is 10.9. The number of halogens is 1. The number of hydrogen-bond acceptors (Lipinski definition) is 4. The van der Waals surface area contributed by atoms with Crippen LogP contribution in [0.5, 0.6) is 0 Å². The molecule has 1 aliphatic carbocycles. The summed E-state index contributed by atoms with van der Waals surface area (Å²) in [5, 5.41) is 11.9. The number of rotatable bonds is 2. The van der Waals surface area contributed by atoms with Crippen molar-refractivity contribution in [3.8, 4) is 0 Å². The van der Waals surface area contributed by atoms with E-state index in [1.54, 1.807) is 6.20 Å². The van der Waals surface area contributed by atoms with Crippen LogP contribution in [-0.2, 0) is 0 Å². The third kappa shape index (κ3) is 1.82. The Kier molecular flexibility index (Phi) is 2.60. The molecule has 0 radical (unpaired) electrons. The Hall–Kier alpha value is -1.56. The van der Waals surface area contributed by atoms with E-state index in [0.29, 0.717) is 18.4 Å². The number of hydrogen-bond donors (Lipinski definition) is 2. The van der Waals surface area contributed by atoms with Crippen molar-refractivity contribution < 1.29 is 9.90 Å². The van der Waals surface area contributed by atoms with Crippen molar-refractivity contribution in [2.24, 2.45) is 11.8 Å². The number of nitrogens with zero attached hydrogens (tertiary/aromatic N) is 3. The van der Waals surface area contributed by atoms with Crippen molar-refractivity contribution in [3.63, 3.8) is 0 Å². The Bertz CT molecular complexity index is 553. The van der Waals surface area contributed by atoms with Gasteiger partial charge in [-0.2, -0.15) is 0 Å². The Morgan fingerprint density at radius 1 is 1.68 bits per heavy atom. The summed E-state index contributed by atoms with van der Waals surface area (Å²) in [6.45, 7) is 5.45. The van der Waals surface area contributed by atoms with Crippen LogP contribution in [0.15, 0.2) is 6.20 Å². The van der Waals surface area contributed by atoms with Gasteiger partial charge in [0.1, 0.15) is 5.82 Å². The van der Waals surface area contributed by atoms with Crippen LogP contribution >= 0.6 is 11.6 Å². The zero-order valence-electron chi connectivity index (χ0n) is 10.7. The molecule has 1 aromatic heterocycles. The number of anilines is 1. The van der Waals surface area contributed by atoms with Gasteiger partial charge in [0.2, 0.25) is 5.28 Å². The average Bonchev–Trinajstić information content (AvgIpc) is 2.72. The van der Waals surface area contributed by atoms with E-state index in [1.165, 1.54) is 0 Å². The number of aromatic nitrogens is 2. The van der Waals surface area contributed by atoms with E-state index in [4.69, 9.17) is 16.7 Å². The third-order valence-electron chi connectivity index (χ3n) is 4.39. The van der Waals surface area contributed by atoms with Crippen molar-refractivity contribution >= 4 is 23.5 Å². The zero-order valence-corrected chi connectivity index (χ0v) is 11.5. The van der Waals surface area contributed by atoms with Gasteiger partial charge in [0.25, 0.3) is 0 Å². The lowest BCUT2D eigenvalue weighted by Crippen LogP contribution is -2.43. The molecule has 1 saturated heterocycles. The van der Waals surface area contributed by atoms with Crippen LogP contribution in [0.25, 0.3) is 0 Å². The summed E-state index contributed by atoms with van der Waals surface area (Å²) < 4.78 is 0. The smallest absolute Gasteiger partial charge is 0.405 e. The minimum absolute atomic E-state index is 0.217. The quantitative estimate of drug-likeness (QED) is 0.804. The van der Waals surface area contributed by atoms with E-state index >= 15 is 0 Å². The van der Waals surface area contributed by atoms with Crippen LogP contribution in [0, 0.1) is 18.8 Å². The Morgan fingerprint density at radius 2 is 2.42 bits per heavy atom. The molecule has 0 spiro atoms. The molecular formula is C12H15ClN4O2. The lowest BCUT2D eigenvalue weighted by Gasteiger charge is -2.24. The fourth-order valence-electron chi connectivity index (χ4n) is 3.27. The first-order chi connectivity index (χ1) is 8.94. The van der Waals surface area contributed by atoms with E-state index in [0.717, 1.165) is 17.9 Å². The number of nitrogens with one attached hydrogen (secondary N) is 1. The molecule has 102 valence electrons. The number of aryl methyl sites for hydroxylation is 1. The van der Waals surface area contributed by atoms with Crippen molar-refractivity contribution in [3.05, 3.63) is 17.0 Å². The minimum atomic E-state index is -0.964. The Balaban J connectivity index is 1.84. The summed E-state index contributed by atoms with van der Waals surface area (Å²) in [5.41, 5.74) is 0.624. The molecule has 0 aromatic carbocycles. The summed E-state index contributed by atoms with van der Waals surface area (Å²) in [6.07, 6.45) is 0.726. The highest BCUT2D eigenvalue weighted by molar-refractivity contribution is 6.28. The molecule has 1 aliphatic heterocycles. The molecule has 6 nitrogen and oxygen atoms in total. The molecule has 3 atom stereocenters. The summed E-state index contributed by atoms with van der Waals surface area (Å²) in [7, 11) is 0. The number of carboxylic acid groups (broad SMARTS) is 1. The zero-order chi connectivity index (χ0) is 13.8. The van der Waals surface area contributed by atoms with Gasteiger partial charge in [0.05, 0.1) is 5.54 Å². The largest absolute Gasteiger partial charge is 0.465 e. The summed E-state index contributed by atoms with van der Waals surface area (Å²) in [6, 6.07) is 0. The van der Waals surface area contributed by atoms with Crippen LogP contribution in [0.3, 0.4) is 0 Å². The fourth-order valence-corrected chi connectivity index (χ4v) is 3.39. The summed E-state index contributed by atoms with van der Waals surface area (Å²) in [4.78, 5) is 21.2. The average molecular weight is 283 g/mol. The van der Waals surface area contributed by atoms with Crippen molar-refractivity contribution in [2.45, 2.75) is 19.4 Å². The number of fused-ring (bicyclic) bond motifs is 1. The summed E-state index contributed by atoms with van der Waals surface area (Å²) >= 11 is 5.83. The van der Waals surface area contributed by atoms with Crippen molar-refractivity contribution in [1.82, 2.24) is 15.3 Å². The highest BCUT2D eigenvalue weighted by atomic mass is 35.5. The van der Waals surface area contributed by atoms with Crippen LogP contribution < -0.4 is 10.2 Å². The molecule has 2 N–H and O–H groups in total. The molecule has 0 unspecified atom stereocenters. The summed E-state index contributed by atoms with van der Waals surface area (Å²) in [5.74, 6) is 1.51. The second-order valence-corrected chi connectivity index (χ2v) is 5.73. The van der Waals surface area contributed by atoms with Crippen LogP contribution in [0.2, 0.25) is 5.28 Å². The van der Waals surface area contributed by atoms with Gasteiger partial charge in [-0.3, -0.25) is 0 Å². The van der Waals surface area contributed by atoms with Gasteiger partial charge in [-0.25, -0.2) is 14.8 Å². The lowest BCUT2D eigenvalue weighted by atomic mass is 10.2. The number of amides is 1. The van der Waals surface area contributed by atoms with Crippen molar-refractivity contribution in [2.75, 3.05) is 18.0 Å². The van der Waals surface area contributed by atoms with E-state index in [-0.39, 0.29) is 10.8 Å². The molecule has 2 fully saturated rings. The molecule has 0 bridgehead atoms. The van der Waals surface area contributed by atoms with E-state index < -0.39 is 6.09 Å². The van der Waals surface area contributed by atoms with Gasteiger partial charge in [-0.15, -0.1) is 0 Å². The normalized spacial score (nSPS) is 32.1. The van der Waals surface area contributed by atoms with Gasteiger partial charge in [0.15, 0.2) is 0 Å². The fraction of sp³-hybridized carbons (Fsp3) is 0.583. The van der Waals surface area contributed by atoms with Crippen LogP contribution in [0.4, 0.5) is 10.6 Å². The monoisotopic (exact) mass is 282 g/mol. The molecule has 1 amide bonds. The molecule has 3 rings (SSSR count). The Labute approximate surface area is 115 Å². The van der Waals surface area contributed by atoms with Gasteiger partial charge < -0.3 is 15.3 Å². The number of piperidine rings is 1. The highest BCUT2D eigenvalue weighted by Crippen LogP contribution is 2.55. The molecule has 1 aromatic rings. The Morgan fingerprint density at radius 3 is 3.11 bits per heavy atom. The first-order valence-electron chi connectivity index (χ1n) is 6.19. The van der Waals surface area contributed by atoms with E-state index in [2.05, 4.69) is 27.1 Å². The van der Waals surface area contributed by atoms with Gasteiger partial charge in [-0.05, 0) is 24.4 Å². The van der Waals surface area contributed by atoms with Gasteiger partial charge in [-0.1, -0.05) is 6.92 Å². The molecule has 2 aliphatic rings. The first-order valence-corrected chi connectivity index (χ1v) is 6.57. The highest BCUT2D eigenvalue weighted by Gasteiger charge is 2.68. The van der Waals surface area contributed by atoms with Gasteiger partial charge >= 0.3 is 6.09 Å². The van der Waals surface area contributed by atoms with Gasteiger partial charge in [0, 0.05) is 30.8 Å². The first kappa shape index (κ1) is 12.5. The molecule has 19 heavy (non-hydrogen) atoms. The SMILES string of the molecule is Cc1cnc(Cl)nc1N1C[C@@H]2[C@H](C)[C@@]2(NC(=O)O)C1. The number of carbonyl (C=O) groups is 1. The van der Waals surface area contributed by atoms with E-state index in [9.17, 15) is 4.79 Å². The minimum Gasteiger partial charge on any atom is -0.465 e. The second-order valence-electron chi connectivity index (χ2n) is 5.39. The molecular weight excluding hydrogens is 268 g/mol. The van der Waals surface area contributed by atoms with E-state index in [1.807, 2.05) is 6.92 Å². The standard InChI is InChI=1S/C12H15ClN4O2/c1-6-3-14-10(13)15-9(6)17-4-8-7(2)12(8,5-17)16-11(18)19/h3,7-8,16H,4-5H2,1-2H3,(H,18,19)/t7-,8+,12-/m0/s1. The topological polar surface area (TPSA) is 78.4 Å². The predicted molar refractivity (Wildman–Crippen MR) is 70.5 cm³/mol. The maximum Gasteiger partial charge on any atom is 0.405 e. The van der Waals surface area contributed by atoms with Crippen LogP contribution in [0.1, 0.15) is 12.5 Å². The second kappa shape index (κ2) is 3.96. The molecule has 7 heteroatoms. The maximum absolute atomic E-state index is 10.9. The van der Waals surface area contributed by atoms with Crippen LogP contribution in [-0.4, -0.2) is 39.8 Å². The predicted octanol–water partition coefficient (Wildman–Crippen LogP) is 1.53. The van der Waals surface area contributed by atoms with Crippen molar-refractivity contribution in [1.29, 1.82) is 0 Å². The third-order valence-corrected chi connectivity index (χ3v) is 4.58. The molecule has 1 saturated carbocycles. The molecule has 2 heterocycles. The lowest BCUT2D eigenvalue weighted by molar-refractivity contribution is 0.187.